The largest absolute Gasteiger partial charge is 0.324 e. The molecule has 1 aromatic carbocycles. The normalized spacial score (nSPS) is 20.9. The number of hydrogen-bond donors (Lipinski definition) is 2. The van der Waals surface area contributed by atoms with Gasteiger partial charge in [-0.2, -0.15) is 0 Å². The Bertz CT molecular complexity index is 690. The summed E-state index contributed by atoms with van der Waals surface area (Å²) in [5.41, 5.74) is 6.47. The van der Waals surface area contributed by atoms with Crippen LogP contribution in [0.2, 0.25) is 0 Å². The van der Waals surface area contributed by atoms with Gasteiger partial charge in [0.15, 0.2) is 9.84 Å². The second kappa shape index (κ2) is 6.24. The number of rotatable bonds is 5. The fourth-order valence-electron chi connectivity index (χ4n) is 3.13. The Hall–Kier alpha value is -1.40. The average molecular weight is 336 g/mol. The molecular formula is C17H24N2O3S. The number of amides is 1. The van der Waals surface area contributed by atoms with Crippen LogP contribution >= 0.6 is 0 Å². The predicted molar refractivity (Wildman–Crippen MR) is 90.7 cm³/mol. The van der Waals surface area contributed by atoms with Gasteiger partial charge in [0.05, 0.1) is 16.5 Å². The Morgan fingerprint density at radius 3 is 2.57 bits per heavy atom. The van der Waals surface area contributed by atoms with Gasteiger partial charge in [-0.1, -0.05) is 31.4 Å². The van der Waals surface area contributed by atoms with Gasteiger partial charge in [-0.3, -0.25) is 4.79 Å². The first-order valence-electron chi connectivity index (χ1n) is 8.30. The van der Waals surface area contributed by atoms with Crippen LogP contribution < -0.4 is 11.1 Å². The van der Waals surface area contributed by atoms with Gasteiger partial charge in [-0.25, -0.2) is 8.42 Å². The zero-order chi connectivity index (χ0) is 16.5. The van der Waals surface area contributed by atoms with E-state index in [1.54, 1.807) is 24.3 Å². The Morgan fingerprint density at radius 1 is 1.22 bits per heavy atom. The van der Waals surface area contributed by atoms with E-state index in [1.165, 1.54) is 0 Å². The van der Waals surface area contributed by atoms with Crippen LogP contribution in [0.3, 0.4) is 0 Å². The Labute approximate surface area is 137 Å². The van der Waals surface area contributed by atoms with Gasteiger partial charge < -0.3 is 11.1 Å². The van der Waals surface area contributed by atoms with Gasteiger partial charge in [0.2, 0.25) is 5.91 Å². The zero-order valence-corrected chi connectivity index (χ0v) is 14.1. The maximum Gasteiger partial charge on any atom is 0.244 e. The maximum atomic E-state index is 12.6. The van der Waals surface area contributed by atoms with E-state index in [1.807, 2.05) is 0 Å². The summed E-state index contributed by atoms with van der Waals surface area (Å²) in [7, 11) is -3.14. The van der Waals surface area contributed by atoms with Crippen LogP contribution in [-0.2, 0) is 20.4 Å². The highest BCUT2D eigenvalue weighted by molar-refractivity contribution is 7.91. The fourth-order valence-corrected chi connectivity index (χ4v) is 5.06. The van der Waals surface area contributed by atoms with Crippen molar-refractivity contribution in [3.05, 3.63) is 29.8 Å². The number of anilines is 1. The summed E-state index contributed by atoms with van der Waals surface area (Å²) in [5.74, 6) is -0.153. The first-order chi connectivity index (χ1) is 10.9. The van der Waals surface area contributed by atoms with E-state index in [0.717, 1.165) is 37.7 Å². The van der Waals surface area contributed by atoms with Crippen LogP contribution in [0.15, 0.2) is 24.3 Å². The van der Waals surface area contributed by atoms with Crippen molar-refractivity contribution >= 4 is 21.4 Å². The number of benzene rings is 1. The first kappa shape index (κ1) is 16.5. The minimum absolute atomic E-state index is 0.0369. The van der Waals surface area contributed by atoms with Crippen molar-refractivity contribution in [1.29, 1.82) is 0 Å². The lowest BCUT2D eigenvalue weighted by Gasteiger charge is -2.21. The highest BCUT2D eigenvalue weighted by Gasteiger charge is 2.45. The lowest BCUT2D eigenvalue weighted by Crippen LogP contribution is -2.37. The molecule has 0 unspecified atom stereocenters. The predicted octanol–water partition coefficient (Wildman–Crippen LogP) is 2.36. The lowest BCUT2D eigenvalue weighted by atomic mass is 10.0. The second-order valence-corrected chi connectivity index (χ2v) is 9.16. The number of hydrogen-bond acceptors (Lipinski definition) is 4. The molecule has 0 bridgehead atoms. The van der Waals surface area contributed by atoms with Gasteiger partial charge in [0.1, 0.15) is 0 Å². The van der Waals surface area contributed by atoms with Crippen LogP contribution in [-0.4, -0.2) is 25.1 Å². The monoisotopic (exact) mass is 336 g/mol. The molecule has 0 heterocycles. The maximum absolute atomic E-state index is 12.6. The number of carbonyl (C=O) groups excluding carboxylic acids is 1. The zero-order valence-electron chi connectivity index (χ0n) is 13.3. The lowest BCUT2D eigenvalue weighted by molar-refractivity contribution is -0.118. The van der Waals surface area contributed by atoms with Crippen LogP contribution in [0.25, 0.3) is 0 Å². The molecule has 2 aliphatic carbocycles. The smallest absolute Gasteiger partial charge is 0.244 e. The highest BCUT2D eigenvalue weighted by Crippen LogP contribution is 2.33. The summed E-state index contributed by atoms with van der Waals surface area (Å²) in [4.78, 5) is 12.0. The molecule has 0 spiro atoms. The van der Waals surface area contributed by atoms with E-state index < -0.39 is 15.4 Å². The average Bonchev–Trinajstić information content (AvgIpc) is 3.27. The van der Waals surface area contributed by atoms with E-state index >= 15 is 0 Å². The number of nitrogens with one attached hydrogen (secondary N) is 1. The molecular weight excluding hydrogens is 312 g/mol. The molecule has 23 heavy (non-hydrogen) atoms. The second-order valence-electron chi connectivity index (χ2n) is 6.88. The van der Waals surface area contributed by atoms with E-state index in [4.69, 9.17) is 5.73 Å². The Morgan fingerprint density at radius 2 is 1.91 bits per heavy atom. The molecule has 2 fully saturated rings. The number of carbonyl (C=O) groups is 1. The molecule has 3 N–H and O–H groups in total. The molecule has 2 aliphatic rings. The highest BCUT2D eigenvalue weighted by atomic mass is 32.2. The molecule has 0 aliphatic heterocycles. The summed E-state index contributed by atoms with van der Waals surface area (Å²) in [5, 5.41) is 2.58. The molecule has 126 valence electrons. The SMILES string of the molecule is NC1(C(=O)Nc2cccc(CS(=O)(=O)C3CCCCC3)c2)CC1. The summed E-state index contributed by atoms with van der Waals surface area (Å²) < 4.78 is 25.1. The molecule has 0 saturated heterocycles. The molecule has 0 aromatic heterocycles. The fraction of sp³-hybridized carbons (Fsp3) is 0.588. The van der Waals surface area contributed by atoms with Gasteiger partial charge in [0.25, 0.3) is 0 Å². The third-order valence-corrected chi connectivity index (χ3v) is 7.08. The summed E-state index contributed by atoms with van der Waals surface area (Å²) in [6, 6.07) is 7.08. The topological polar surface area (TPSA) is 89.3 Å². The minimum Gasteiger partial charge on any atom is -0.324 e. The van der Waals surface area contributed by atoms with Gasteiger partial charge in [-0.05, 0) is 43.4 Å². The van der Waals surface area contributed by atoms with Gasteiger partial charge in [-0.15, -0.1) is 0 Å². The molecule has 5 nitrogen and oxygen atoms in total. The molecule has 6 heteroatoms. The van der Waals surface area contributed by atoms with Crippen molar-refractivity contribution in [2.24, 2.45) is 5.73 Å². The third-order valence-electron chi connectivity index (χ3n) is 4.85. The van der Waals surface area contributed by atoms with E-state index in [0.29, 0.717) is 18.5 Å². The molecule has 0 atom stereocenters. The van der Waals surface area contributed by atoms with Crippen molar-refractivity contribution in [1.82, 2.24) is 0 Å². The minimum atomic E-state index is -3.14. The summed E-state index contributed by atoms with van der Waals surface area (Å²) in [6.45, 7) is 0. The molecule has 1 aromatic rings. The van der Waals surface area contributed by atoms with Crippen LogP contribution in [0.5, 0.6) is 0 Å². The van der Waals surface area contributed by atoms with E-state index in [2.05, 4.69) is 5.32 Å². The quantitative estimate of drug-likeness (QED) is 0.864. The summed E-state index contributed by atoms with van der Waals surface area (Å²) >= 11 is 0. The van der Waals surface area contributed by atoms with Crippen molar-refractivity contribution in [3.63, 3.8) is 0 Å². The van der Waals surface area contributed by atoms with Crippen LogP contribution in [0.4, 0.5) is 5.69 Å². The number of sulfone groups is 1. The van der Waals surface area contributed by atoms with Crippen molar-refractivity contribution in [3.8, 4) is 0 Å². The Balaban J connectivity index is 1.68. The van der Waals surface area contributed by atoms with E-state index in [-0.39, 0.29) is 16.9 Å². The van der Waals surface area contributed by atoms with Crippen LogP contribution in [0, 0.1) is 0 Å². The number of nitrogens with two attached hydrogens (primary N) is 1. The van der Waals surface area contributed by atoms with Crippen molar-refractivity contribution in [2.45, 2.75) is 61.5 Å². The molecule has 0 radical (unpaired) electrons. The summed E-state index contributed by atoms with van der Waals surface area (Å²) in [6.07, 6.45) is 6.08. The molecule has 2 saturated carbocycles. The Kier molecular flexibility index (Phi) is 4.47. The first-order valence-corrected chi connectivity index (χ1v) is 10.0. The molecule has 3 rings (SSSR count). The van der Waals surface area contributed by atoms with Gasteiger partial charge in [0, 0.05) is 5.69 Å². The van der Waals surface area contributed by atoms with Crippen LogP contribution in [0.1, 0.15) is 50.5 Å². The molecule has 1 amide bonds. The van der Waals surface area contributed by atoms with Crippen molar-refractivity contribution in [2.75, 3.05) is 5.32 Å². The van der Waals surface area contributed by atoms with E-state index in [9.17, 15) is 13.2 Å². The standard InChI is InChI=1S/C17H24N2O3S/c18-17(9-10-17)16(20)19-14-6-4-5-13(11-14)12-23(21,22)15-7-2-1-3-8-15/h4-6,11,15H,1-3,7-10,12,18H2,(H,19,20). The van der Waals surface area contributed by atoms with Crippen molar-refractivity contribution < 1.29 is 13.2 Å². The third kappa shape index (κ3) is 3.93. The van der Waals surface area contributed by atoms with Gasteiger partial charge >= 0.3 is 0 Å².